The third-order valence-corrected chi connectivity index (χ3v) is 3.22. The molecule has 0 saturated carbocycles. The summed E-state index contributed by atoms with van der Waals surface area (Å²) in [5.41, 5.74) is -0.730. The molecule has 21 heavy (non-hydrogen) atoms. The monoisotopic (exact) mass is 296 g/mol. The van der Waals surface area contributed by atoms with Crippen molar-refractivity contribution in [1.82, 2.24) is 9.55 Å². The zero-order valence-corrected chi connectivity index (χ0v) is 11.4. The molecule has 0 spiro atoms. The summed E-state index contributed by atoms with van der Waals surface area (Å²) in [5, 5.41) is 9.89. The number of esters is 1. The molecule has 1 saturated heterocycles. The van der Waals surface area contributed by atoms with E-state index in [4.69, 9.17) is 9.47 Å². The Morgan fingerprint density at radius 2 is 2.38 bits per heavy atom. The van der Waals surface area contributed by atoms with Crippen molar-refractivity contribution < 1.29 is 19.4 Å². The molecule has 0 unspecified atom stereocenters. The fraction of sp³-hybridized carbons (Fsp3) is 0.462. The van der Waals surface area contributed by atoms with Gasteiger partial charge in [0.1, 0.15) is 18.9 Å². The molecule has 0 bridgehead atoms. The molecule has 8 nitrogen and oxygen atoms in total. The molecule has 0 aliphatic carbocycles. The van der Waals surface area contributed by atoms with Crippen LogP contribution in [-0.2, 0) is 14.3 Å². The second kappa shape index (κ2) is 6.06. The van der Waals surface area contributed by atoms with Crippen molar-refractivity contribution in [1.29, 1.82) is 0 Å². The molecule has 2 N–H and O–H groups in total. The molecule has 1 aromatic heterocycles. The Bertz CT molecular complexity index is 661. The second-order valence-corrected chi connectivity index (χ2v) is 4.75. The number of hydrogen-bond donors (Lipinski definition) is 2. The molecule has 114 valence electrons. The van der Waals surface area contributed by atoms with Crippen LogP contribution in [0.1, 0.15) is 18.2 Å². The molecule has 1 aliphatic heterocycles. The standard InChI is InChI=1S/C13H16N2O6/c1-3-11(17)20-6-9-8(16)4-10(21-9)15-5-7(2)12(18)14-13(15)19/h3,5,8-10,16H,1,4,6H2,2H3,(H,14,18,19)/t8-,9+,10+/m0/s1. The van der Waals surface area contributed by atoms with Crippen LogP contribution in [0.25, 0.3) is 0 Å². The van der Waals surface area contributed by atoms with E-state index in [0.717, 1.165) is 6.08 Å². The average Bonchev–Trinajstić information content (AvgIpc) is 2.81. The highest BCUT2D eigenvalue weighted by atomic mass is 16.6. The summed E-state index contributed by atoms with van der Waals surface area (Å²) >= 11 is 0. The van der Waals surface area contributed by atoms with Crippen LogP contribution < -0.4 is 11.2 Å². The fourth-order valence-electron chi connectivity index (χ4n) is 2.06. The lowest BCUT2D eigenvalue weighted by Gasteiger charge is -2.16. The van der Waals surface area contributed by atoms with E-state index in [1.165, 1.54) is 10.8 Å². The molecular formula is C13H16N2O6. The largest absolute Gasteiger partial charge is 0.460 e. The lowest BCUT2D eigenvalue weighted by molar-refractivity contribution is -0.144. The minimum absolute atomic E-state index is 0.139. The lowest BCUT2D eigenvalue weighted by atomic mass is 10.2. The van der Waals surface area contributed by atoms with Crippen LogP contribution in [0.5, 0.6) is 0 Å². The molecule has 2 heterocycles. The summed E-state index contributed by atoms with van der Waals surface area (Å²) in [6.07, 6.45) is 0.188. The van der Waals surface area contributed by atoms with Crippen molar-refractivity contribution in [3.05, 3.63) is 45.3 Å². The number of aromatic amines is 1. The van der Waals surface area contributed by atoms with E-state index in [9.17, 15) is 19.5 Å². The average molecular weight is 296 g/mol. The Morgan fingerprint density at radius 1 is 1.67 bits per heavy atom. The van der Waals surface area contributed by atoms with Gasteiger partial charge in [-0.3, -0.25) is 14.3 Å². The summed E-state index contributed by atoms with van der Waals surface area (Å²) in [7, 11) is 0. The minimum atomic E-state index is -0.883. The molecule has 0 radical (unpaired) electrons. The van der Waals surface area contributed by atoms with Crippen molar-refractivity contribution in [2.45, 2.75) is 31.8 Å². The van der Waals surface area contributed by atoms with E-state index in [1.807, 2.05) is 0 Å². The lowest BCUT2D eigenvalue weighted by Crippen LogP contribution is -2.33. The molecule has 1 fully saturated rings. The molecule has 1 aromatic rings. The fourth-order valence-corrected chi connectivity index (χ4v) is 2.06. The highest BCUT2D eigenvalue weighted by molar-refractivity contribution is 5.81. The van der Waals surface area contributed by atoms with Gasteiger partial charge in [0, 0.05) is 24.3 Å². The van der Waals surface area contributed by atoms with Gasteiger partial charge >= 0.3 is 11.7 Å². The van der Waals surface area contributed by atoms with Crippen LogP contribution in [0, 0.1) is 6.92 Å². The van der Waals surface area contributed by atoms with E-state index in [2.05, 4.69) is 11.6 Å². The van der Waals surface area contributed by atoms with Crippen LogP contribution in [0.4, 0.5) is 0 Å². The quantitative estimate of drug-likeness (QED) is 0.557. The highest BCUT2D eigenvalue weighted by Gasteiger charge is 2.36. The molecule has 1 aliphatic rings. The zero-order chi connectivity index (χ0) is 15.6. The van der Waals surface area contributed by atoms with E-state index in [1.54, 1.807) is 6.92 Å². The number of H-pyrrole nitrogens is 1. The first-order chi connectivity index (χ1) is 9.92. The molecule has 0 aromatic carbocycles. The van der Waals surface area contributed by atoms with Gasteiger partial charge in [-0.05, 0) is 6.92 Å². The van der Waals surface area contributed by atoms with Crippen LogP contribution in [0.2, 0.25) is 0 Å². The van der Waals surface area contributed by atoms with Crippen LogP contribution in [-0.4, -0.2) is 39.4 Å². The van der Waals surface area contributed by atoms with Crippen LogP contribution >= 0.6 is 0 Å². The summed E-state index contributed by atoms with van der Waals surface area (Å²) < 4.78 is 11.5. The topological polar surface area (TPSA) is 111 Å². The van der Waals surface area contributed by atoms with Gasteiger partial charge in [-0.2, -0.15) is 0 Å². The minimum Gasteiger partial charge on any atom is -0.460 e. The predicted molar refractivity (Wildman–Crippen MR) is 71.7 cm³/mol. The number of carbonyl (C=O) groups is 1. The number of hydrogen-bond acceptors (Lipinski definition) is 6. The number of ether oxygens (including phenoxy) is 2. The van der Waals surface area contributed by atoms with Gasteiger partial charge in [-0.1, -0.05) is 6.58 Å². The summed E-state index contributed by atoms with van der Waals surface area (Å²) in [4.78, 5) is 36.2. The van der Waals surface area contributed by atoms with E-state index in [-0.39, 0.29) is 13.0 Å². The summed E-state index contributed by atoms with van der Waals surface area (Å²) in [5.74, 6) is -0.619. The number of aliphatic hydroxyl groups excluding tert-OH is 1. The first kappa shape index (κ1) is 15.2. The van der Waals surface area contributed by atoms with Gasteiger partial charge in [0.25, 0.3) is 5.56 Å². The number of rotatable bonds is 4. The van der Waals surface area contributed by atoms with Gasteiger partial charge in [0.05, 0.1) is 6.10 Å². The Morgan fingerprint density at radius 3 is 3.05 bits per heavy atom. The predicted octanol–water partition coefficient (Wildman–Crippen LogP) is -0.777. The van der Waals surface area contributed by atoms with Gasteiger partial charge in [-0.15, -0.1) is 0 Å². The van der Waals surface area contributed by atoms with Gasteiger partial charge in [0.2, 0.25) is 0 Å². The molecule has 8 heteroatoms. The van der Waals surface area contributed by atoms with Crippen LogP contribution in [0.3, 0.4) is 0 Å². The van der Waals surface area contributed by atoms with E-state index >= 15 is 0 Å². The summed E-state index contributed by atoms with van der Waals surface area (Å²) in [6.45, 7) is 4.68. The Kier molecular flexibility index (Phi) is 4.39. The van der Waals surface area contributed by atoms with Crippen molar-refractivity contribution in [2.75, 3.05) is 6.61 Å². The van der Waals surface area contributed by atoms with Gasteiger partial charge in [0.15, 0.2) is 0 Å². The number of nitrogens with zero attached hydrogens (tertiary/aromatic N) is 1. The maximum Gasteiger partial charge on any atom is 0.330 e. The Hall–Kier alpha value is -2.19. The van der Waals surface area contributed by atoms with Crippen molar-refractivity contribution >= 4 is 5.97 Å². The summed E-state index contributed by atoms with van der Waals surface area (Å²) in [6, 6.07) is 0. The number of nitrogens with one attached hydrogen (secondary N) is 1. The molecule has 3 atom stereocenters. The third-order valence-electron chi connectivity index (χ3n) is 3.22. The maximum absolute atomic E-state index is 11.8. The maximum atomic E-state index is 11.8. The number of aliphatic hydroxyl groups is 1. The Balaban J connectivity index is 2.12. The number of aromatic nitrogens is 2. The molecule has 0 amide bonds. The number of aryl methyl sites for hydroxylation is 1. The zero-order valence-electron chi connectivity index (χ0n) is 11.4. The SMILES string of the molecule is C=CC(=O)OC[C@H]1O[C@@H](n2cc(C)c(=O)[nH]c2=O)C[C@@H]1O. The number of carbonyl (C=O) groups excluding carboxylic acids is 1. The highest BCUT2D eigenvalue weighted by Crippen LogP contribution is 2.27. The van der Waals surface area contributed by atoms with E-state index < -0.39 is 35.7 Å². The third kappa shape index (κ3) is 3.29. The van der Waals surface area contributed by atoms with Crippen molar-refractivity contribution in [3.63, 3.8) is 0 Å². The smallest absolute Gasteiger partial charge is 0.330 e. The van der Waals surface area contributed by atoms with E-state index in [0.29, 0.717) is 5.56 Å². The Labute approximate surface area is 119 Å². The van der Waals surface area contributed by atoms with Crippen molar-refractivity contribution in [3.8, 4) is 0 Å². The first-order valence-corrected chi connectivity index (χ1v) is 6.37. The van der Waals surface area contributed by atoms with Crippen LogP contribution in [0.15, 0.2) is 28.4 Å². The molecular weight excluding hydrogens is 280 g/mol. The first-order valence-electron chi connectivity index (χ1n) is 6.37. The normalized spacial score (nSPS) is 24.8. The van der Waals surface area contributed by atoms with Gasteiger partial charge < -0.3 is 14.6 Å². The van der Waals surface area contributed by atoms with Gasteiger partial charge in [-0.25, -0.2) is 9.59 Å². The van der Waals surface area contributed by atoms with Crippen molar-refractivity contribution in [2.24, 2.45) is 0 Å². The second-order valence-electron chi connectivity index (χ2n) is 4.75. The molecule has 2 rings (SSSR count).